The average molecular weight is 325 g/mol. The van der Waals surface area contributed by atoms with Crippen LogP contribution in [0.4, 0.5) is 4.79 Å². The Balaban J connectivity index is 1.90. The molecule has 0 saturated heterocycles. The van der Waals surface area contributed by atoms with Crippen molar-refractivity contribution in [3.63, 3.8) is 0 Å². The number of alkyl carbamates (subject to hydrolysis) is 1. The molecule has 1 unspecified atom stereocenters. The number of carbonyl (C=O) groups excluding carboxylic acids is 1. The number of ether oxygens (including phenoxy) is 1. The Kier molecular flexibility index (Phi) is 7.34. The summed E-state index contributed by atoms with van der Waals surface area (Å²) in [7, 11) is 0. The third kappa shape index (κ3) is 6.07. The Morgan fingerprint density at radius 2 is 1.79 bits per heavy atom. The normalized spacial score (nSPS) is 11.8. The summed E-state index contributed by atoms with van der Waals surface area (Å²) >= 11 is 0. The molecule has 1 atom stereocenters. The Morgan fingerprint density at radius 1 is 1.08 bits per heavy atom. The maximum absolute atomic E-state index is 12.1. The van der Waals surface area contributed by atoms with Crippen molar-refractivity contribution in [3.05, 3.63) is 71.3 Å². The lowest BCUT2D eigenvalue weighted by Gasteiger charge is -2.19. The van der Waals surface area contributed by atoms with Crippen molar-refractivity contribution >= 4 is 6.09 Å². The molecule has 3 nitrogen and oxygen atoms in total. The van der Waals surface area contributed by atoms with Crippen LogP contribution in [0.2, 0.25) is 0 Å². The van der Waals surface area contributed by atoms with Crippen LogP contribution in [0.25, 0.3) is 0 Å². The number of amides is 1. The second kappa shape index (κ2) is 9.76. The molecule has 0 aliphatic rings. The van der Waals surface area contributed by atoms with Gasteiger partial charge in [-0.15, -0.1) is 0 Å². The highest BCUT2D eigenvalue weighted by Crippen LogP contribution is 2.16. The Hall–Kier alpha value is -2.29. The van der Waals surface area contributed by atoms with E-state index in [0.29, 0.717) is 6.54 Å². The molecule has 0 aliphatic heterocycles. The van der Waals surface area contributed by atoms with Gasteiger partial charge in [-0.3, -0.25) is 0 Å². The van der Waals surface area contributed by atoms with Gasteiger partial charge in [0.1, 0.15) is 6.10 Å². The highest BCUT2D eigenvalue weighted by molar-refractivity contribution is 5.67. The Bertz CT molecular complexity index is 625. The SMILES string of the molecule is CCCCC(Cc1ccccc1C)OC(=O)NCc1ccccc1. The lowest BCUT2D eigenvalue weighted by molar-refractivity contribution is 0.0907. The molecule has 0 spiro atoms. The monoisotopic (exact) mass is 325 g/mol. The number of nitrogens with one attached hydrogen (secondary N) is 1. The first-order valence-corrected chi connectivity index (χ1v) is 8.72. The first-order valence-electron chi connectivity index (χ1n) is 8.72. The van der Waals surface area contributed by atoms with E-state index < -0.39 is 0 Å². The van der Waals surface area contributed by atoms with Crippen molar-refractivity contribution in [2.45, 2.75) is 52.2 Å². The summed E-state index contributed by atoms with van der Waals surface area (Å²) in [5, 5.41) is 2.85. The number of rotatable bonds is 8. The molecule has 0 aromatic heterocycles. The van der Waals surface area contributed by atoms with E-state index in [1.807, 2.05) is 42.5 Å². The first kappa shape index (κ1) is 18.1. The van der Waals surface area contributed by atoms with E-state index in [4.69, 9.17) is 4.74 Å². The molecular weight excluding hydrogens is 298 g/mol. The maximum atomic E-state index is 12.1. The third-order valence-corrected chi connectivity index (χ3v) is 4.14. The van der Waals surface area contributed by atoms with Crippen molar-refractivity contribution in [2.75, 3.05) is 0 Å². The topological polar surface area (TPSA) is 38.3 Å². The first-order chi connectivity index (χ1) is 11.7. The minimum atomic E-state index is -0.339. The van der Waals surface area contributed by atoms with Crippen LogP contribution in [0, 0.1) is 6.92 Å². The lowest BCUT2D eigenvalue weighted by Crippen LogP contribution is -2.30. The number of carbonyl (C=O) groups is 1. The smallest absolute Gasteiger partial charge is 0.407 e. The molecule has 0 saturated carbocycles. The molecule has 1 amide bonds. The Labute approximate surface area is 145 Å². The van der Waals surface area contributed by atoms with Crippen LogP contribution < -0.4 is 5.32 Å². The molecule has 0 heterocycles. The van der Waals surface area contributed by atoms with E-state index in [0.717, 1.165) is 31.2 Å². The lowest BCUT2D eigenvalue weighted by atomic mass is 9.99. The van der Waals surface area contributed by atoms with Crippen molar-refractivity contribution in [1.82, 2.24) is 5.32 Å². The van der Waals surface area contributed by atoms with Crippen LogP contribution in [0.5, 0.6) is 0 Å². The zero-order valence-electron chi connectivity index (χ0n) is 14.6. The average Bonchev–Trinajstić information content (AvgIpc) is 2.60. The Morgan fingerprint density at radius 3 is 2.50 bits per heavy atom. The molecule has 1 N–H and O–H groups in total. The second-order valence-electron chi connectivity index (χ2n) is 6.14. The van der Waals surface area contributed by atoms with Gasteiger partial charge in [0.05, 0.1) is 0 Å². The largest absolute Gasteiger partial charge is 0.446 e. The minimum Gasteiger partial charge on any atom is -0.446 e. The zero-order chi connectivity index (χ0) is 17.2. The van der Waals surface area contributed by atoms with Gasteiger partial charge in [-0.05, 0) is 30.0 Å². The number of unbranched alkanes of at least 4 members (excludes halogenated alkanes) is 1. The van der Waals surface area contributed by atoms with E-state index in [2.05, 4.69) is 31.3 Å². The number of aryl methyl sites for hydroxylation is 1. The summed E-state index contributed by atoms with van der Waals surface area (Å²) < 4.78 is 5.68. The van der Waals surface area contributed by atoms with Crippen LogP contribution in [0.1, 0.15) is 42.9 Å². The molecule has 0 radical (unpaired) electrons. The fourth-order valence-corrected chi connectivity index (χ4v) is 2.68. The van der Waals surface area contributed by atoms with Gasteiger partial charge in [-0.25, -0.2) is 4.79 Å². The fraction of sp³-hybridized carbons (Fsp3) is 0.381. The van der Waals surface area contributed by atoms with E-state index >= 15 is 0 Å². The van der Waals surface area contributed by atoms with Gasteiger partial charge < -0.3 is 10.1 Å². The van der Waals surface area contributed by atoms with Crippen LogP contribution in [0.3, 0.4) is 0 Å². The van der Waals surface area contributed by atoms with Gasteiger partial charge >= 0.3 is 6.09 Å². The molecule has 3 heteroatoms. The van der Waals surface area contributed by atoms with Crippen LogP contribution in [-0.4, -0.2) is 12.2 Å². The summed E-state index contributed by atoms with van der Waals surface area (Å²) in [6.45, 7) is 4.74. The molecule has 0 aliphatic carbocycles. The zero-order valence-corrected chi connectivity index (χ0v) is 14.6. The van der Waals surface area contributed by atoms with E-state index in [1.165, 1.54) is 11.1 Å². The quantitative estimate of drug-likeness (QED) is 0.740. The predicted octanol–water partition coefficient (Wildman–Crippen LogP) is 5.02. The van der Waals surface area contributed by atoms with Gasteiger partial charge in [0, 0.05) is 13.0 Å². The molecule has 0 bridgehead atoms. The highest BCUT2D eigenvalue weighted by atomic mass is 16.6. The summed E-state index contributed by atoms with van der Waals surface area (Å²) in [6, 6.07) is 18.1. The van der Waals surface area contributed by atoms with E-state index in [9.17, 15) is 4.79 Å². The predicted molar refractivity (Wildman–Crippen MR) is 98.0 cm³/mol. The number of hydrogen-bond donors (Lipinski definition) is 1. The number of hydrogen-bond acceptors (Lipinski definition) is 2. The van der Waals surface area contributed by atoms with Crippen molar-refractivity contribution in [3.8, 4) is 0 Å². The molecule has 2 aromatic carbocycles. The van der Waals surface area contributed by atoms with Crippen LogP contribution in [0.15, 0.2) is 54.6 Å². The summed E-state index contributed by atoms with van der Waals surface area (Å²) in [6.07, 6.45) is 3.40. The van der Waals surface area contributed by atoms with Crippen LogP contribution >= 0.6 is 0 Å². The standard InChI is InChI=1S/C21H27NO2/c1-3-4-14-20(15-19-13-9-8-10-17(19)2)24-21(23)22-16-18-11-6-5-7-12-18/h5-13,20H,3-4,14-16H2,1-2H3,(H,22,23). The van der Waals surface area contributed by atoms with Crippen molar-refractivity contribution in [1.29, 1.82) is 0 Å². The summed E-state index contributed by atoms with van der Waals surface area (Å²) in [5.74, 6) is 0. The molecular formula is C21H27NO2. The van der Waals surface area contributed by atoms with Crippen LogP contribution in [-0.2, 0) is 17.7 Å². The summed E-state index contributed by atoms with van der Waals surface area (Å²) in [4.78, 5) is 12.1. The summed E-state index contributed by atoms with van der Waals surface area (Å²) in [5.41, 5.74) is 3.56. The second-order valence-corrected chi connectivity index (χ2v) is 6.14. The van der Waals surface area contributed by atoms with Crippen molar-refractivity contribution < 1.29 is 9.53 Å². The molecule has 2 aromatic rings. The van der Waals surface area contributed by atoms with Gasteiger partial charge in [-0.1, -0.05) is 74.4 Å². The molecule has 2 rings (SSSR count). The maximum Gasteiger partial charge on any atom is 0.407 e. The van der Waals surface area contributed by atoms with E-state index in [-0.39, 0.29) is 12.2 Å². The molecule has 128 valence electrons. The van der Waals surface area contributed by atoms with E-state index in [1.54, 1.807) is 0 Å². The number of benzene rings is 2. The third-order valence-electron chi connectivity index (χ3n) is 4.14. The van der Waals surface area contributed by atoms with Crippen molar-refractivity contribution in [2.24, 2.45) is 0 Å². The molecule has 0 fully saturated rings. The fourth-order valence-electron chi connectivity index (χ4n) is 2.68. The minimum absolute atomic E-state index is 0.0816. The van der Waals surface area contributed by atoms with Gasteiger partial charge in [0.2, 0.25) is 0 Å². The van der Waals surface area contributed by atoms with Gasteiger partial charge in [0.15, 0.2) is 0 Å². The van der Waals surface area contributed by atoms with Gasteiger partial charge in [0.25, 0.3) is 0 Å². The molecule has 24 heavy (non-hydrogen) atoms. The van der Waals surface area contributed by atoms with Gasteiger partial charge in [-0.2, -0.15) is 0 Å². The highest BCUT2D eigenvalue weighted by Gasteiger charge is 2.15.